The quantitative estimate of drug-likeness (QED) is 0.458. The van der Waals surface area contributed by atoms with Crippen molar-refractivity contribution in [1.82, 2.24) is 20.4 Å². The maximum atomic E-state index is 13.2. The lowest BCUT2D eigenvalue weighted by Gasteiger charge is -2.26. The zero-order chi connectivity index (χ0) is 24.2. The molecular weight excluding hydrogens is 450 g/mol. The summed E-state index contributed by atoms with van der Waals surface area (Å²) in [5.41, 5.74) is 5.62. The summed E-state index contributed by atoms with van der Waals surface area (Å²) in [5.74, 6) is 1.11. The number of aromatic nitrogens is 2. The molecule has 0 fully saturated rings. The highest BCUT2D eigenvalue weighted by Gasteiger charge is 2.26. The van der Waals surface area contributed by atoms with Crippen LogP contribution in [0.4, 0.5) is 5.69 Å². The van der Waals surface area contributed by atoms with E-state index in [4.69, 9.17) is 4.74 Å². The Balaban J connectivity index is 1.58. The molecule has 8 nitrogen and oxygen atoms in total. The number of carbonyl (C=O) groups excluding carboxylic acids is 1. The molecule has 2 aromatic carbocycles. The minimum atomic E-state index is -1.28. The minimum Gasteiger partial charge on any atom is -0.497 e. The van der Waals surface area contributed by atoms with Crippen LogP contribution in [0.1, 0.15) is 16.8 Å². The highest BCUT2D eigenvalue weighted by atomic mass is 32.2. The van der Waals surface area contributed by atoms with Gasteiger partial charge in [0, 0.05) is 30.1 Å². The number of aryl methyl sites for hydroxylation is 1. The summed E-state index contributed by atoms with van der Waals surface area (Å²) in [5, 5.41) is 13.4. The van der Waals surface area contributed by atoms with E-state index in [9.17, 15) is 9.00 Å². The summed E-state index contributed by atoms with van der Waals surface area (Å²) >= 11 is 0. The van der Waals surface area contributed by atoms with Crippen molar-refractivity contribution in [2.45, 2.75) is 30.8 Å². The second kappa shape index (κ2) is 10.5. The molecule has 0 saturated carbocycles. The van der Waals surface area contributed by atoms with Crippen LogP contribution in [0, 0.1) is 6.92 Å². The maximum absolute atomic E-state index is 13.2. The molecule has 0 aliphatic carbocycles. The zero-order valence-electron chi connectivity index (χ0n) is 20.0. The predicted octanol–water partition coefficient (Wildman–Crippen LogP) is 2.72. The molecule has 180 valence electrons. The first-order chi connectivity index (χ1) is 16.4. The summed E-state index contributed by atoms with van der Waals surface area (Å²) in [4.78, 5) is 15.8. The fourth-order valence-electron chi connectivity index (χ4n) is 4.02. The molecule has 2 atom stereocenters. The molecule has 2 heterocycles. The van der Waals surface area contributed by atoms with E-state index in [1.807, 2.05) is 62.3 Å². The number of hydrogen-bond donors (Lipinski definition) is 3. The number of rotatable bonds is 8. The molecule has 3 aromatic rings. The van der Waals surface area contributed by atoms with Crippen LogP contribution < -0.4 is 15.4 Å². The Labute approximate surface area is 202 Å². The van der Waals surface area contributed by atoms with E-state index in [2.05, 4.69) is 20.8 Å². The van der Waals surface area contributed by atoms with Gasteiger partial charge < -0.3 is 20.3 Å². The van der Waals surface area contributed by atoms with Gasteiger partial charge in [0.15, 0.2) is 0 Å². The monoisotopic (exact) mass is 481 g/mol. The number of hydrogen-bond acceptors (Lipinski definition) is 6. The molecule has 0 radical (unpaired) electrons. The minimum absolute atomic E-state index is 0.147. The summed E-state index contributed by atoms with van der Waals surface area (Å²) in [6.07, 6.45) is 2.32. The van der Waals surface area contributed by atoms with Gasteiger partial charge in [-0.3, -0.25) is 14.1 Å². The van der Waals surface area contributed by atoms with E-state index in [1.54, 1.807) is 13.3 Å². The van der Waals surface area contributed by atoms with Gasteiger partial charge in [0.25, 0.3) is 0 Å². The van der Waals surface area contributed by atoms with Gasteiger partial charge in [0.05, 0.1) is 40.7 Å². The van der Waals surface area contributed by atoms with Crippen molar-refractivity contribution in [3.05, 3.63) is 59.4 Å². The molecule has 1 unspecified atom stereocenters. The van der Waals surface area contributed by atoms with Gasteiger partial charge in [0.1, 0.15) is 5.75 Å². The summed E-state index contributed by atoms with van der Waals surface area (Å²) < 4.78 is 18.6. The van der Waals surface area contributed by atoms with Gasteiger partial charge in [-0.15, -0.1) is 0 Å². The van der Waals surface area contributed by atoms with Gasteiger partial charge >= 0.3 is 0 Å². The molecule has 4 rings (SSSR count). The largest absolute Gasteiger partial charge is 0.497 e. The van der Waals surface area contributed by atoms with E-state index in [0.29, 0.717) is 35.8 Å². The molecule has 1 aliphatic rings. The van der Waals surface area contributed by atoms with Gasteiger partial charge in [-0.05, 0) is 68.4 Å². The van der Waals surface area contributed by atoms with Crippen molar-refractivity contribution in [2.24, 2.45) is 0 Å². The van der Waals surface area contributed by atoms with E-state index in [1.165, 1.54) is 0 Å². The molecular formula is C25H31N5O3S. The Morgan fingerprint density at radius 3 is 2.76 bits per heavy atom. The Morgan fingerprint density at radius 2 is 2.06 bits per heavy atom. The number of amides is 1. The third-order valence-corrected chi connectivity index (χ3v) is 7.42. The number of fused-ring (bicyclic) bond motifs is 1. The number of nitrogens with one attached hydrogen (secondary N) is 3. The number of carbonyl (C=O) groups is 1. The second-order valence-electron chi connectivity index (χ2n) is 8.73. The van der Waals surface area contributed by atoms with Gasteiger partial charge in [-0.2, -0.15) is 5.10 Å². The number of anilines is 1. The molecule has 1 amide bonds. The molecule has 1 aliphatic heterocycles. The normalized spacial score (nSPS) is 16.2. The van der Waals surface area contributed by atoms with Crippen LogP contribution in [0.2, 0.25) is 0 Å². The lowest BCUT2D eigenvalue weighted by atomic mass is 9.95. The molecule has 0 bridgehead atoms. The van der Waals surface area contributed by atoms with Crippen LogP contribution in [0.3, 0.4) is 0 Å². The Morgan fingerprint density at radius 1 is 1.24 bits per heavy atom. The standard InChI is InChI=1S/C25H31N5O3S/c1-16-21(15-27-29-16)17-6-8-22(24(13-17)34(32)10-9-30(2)3)28-25(31)23-12-19-11-20(33-4)7-5-18(19)14-26-23/h5-8,11,13,15,23,26H,9-10,12,14H2,1-4H3,(H,27,29)(H,28,31)/t23-,34?/m1/s1. The third kappa shape index (κ3) is 5.38. The highest BCUT2D eigenvalue weighted by molar-refractivity contribution is 7.85. The van der Waals surface area contributed by atoms with Crippen LogP contribution in [0.15, 0.2) is 47.5 Å². The highest BCUT2D eigenvalue weighted by Crippen LogP contribution is 2.30. The van der Waals surface area contributed by atoms with Crippen LogP contribution >= 0.6 is 0 Å². The number of nitrogens with zero attached hydrogens (tertiary/aromatic N) is 2. The zero-order valence-corrected chi connectivity index (χ0v) is 20.8. The van der Waals surface area contributed by atoms with E-state index < -0.39 is 16.8 Å². The van der Waals surface area contributed by atoms with E-state index in [-0.39, 0.29) is 5.91 Å². The molecule has 0 saturated heterocycles. The lowest BCUT2D eigenvalue weighted by molar-refractivity contribution is -0.118. The summed E-state index contributed by atoms with van der Waals surface area (Å²) in [6, 6.07) is 11.2. The Kier molecular flexibility index (Phi) is 7.45. The first-order valence-corrected chi connectivity index (χ1v) is 12.5. The smallest absolute Gasteiger partial charge is 0.241 e. The first kappa shape index (κ1) is 24.1. The van der Waals surface area contributed by atoms with Crippen LogP contribution in [-0.2, 0) is 28.6 Å². The number of ether oxygens (including phenoxy) is 1. The Hall–Kier alpha value is -3.01. The summed E-state index contributed by atoms with van der Waals surface area (Å²) in [7, 11) is 4.26. The van der Waals surface area contributed by atoms with Crippen molar-refractivity contribution in [3.63, 3.8) is 0 Å². The number of methoxy groups -OCH3 is 1. The maximum Gasteiger partial charge on any atom is 0.241 e. The van der Waals surface area contributed by atoms with Crippen molar-refractivity contribution in [1.29, 1.82) is 0 Å². The lowest BCUT2D eigenvalue weighted by Crippen LogP contribution is -2.44. The predicted molar refractivity (Wildman–Crippen MR) is 135 cm³/mol. The second-order valence-corrected chi connectivity index (χ2v) is 10.3. The number of benzene rings is 2. The van der Waals surface area contributed by atoms with Crippen LogP contribution in [0.5, 0.6) is 5.75 Å². The fraction of sp³-hybridized carbons (Fsp3) is 0.360. The number of H-pyrrole nitrogens is 1. The average Bonchev–Trinajstić information content (AvgIpc) is 3.27. The third-order valence-electron chi connectivity index (χ3n) is 6.04. The molecule has 34 heavy (non-hydrogen) atoms. The van der Waals surface area contributed by atoms with Gasteiger partial charge in [-0.25, -0.2) is 0 Å². The van der Waals surface area contributed by atoms with Crippen LogP contribution in [0.25, 0.3) is 11.1 Å². The van der Waals surface area contributed by atoms with E-state index >= 15 is 0 Å². The first-order valence-electron chi connectivity index (χ1n) is 11.2. The molecule has 3 N–H and O–H groups in total. The average molecular weight is 482 g/mol. The van der Waals surface area contributed by atoms with Crippen molar-refractivity contribution >= 4 is 22.4 Å². The van der Waals surface area contributed by atoms with Gasteiger partial charge in [-0.1, -0.05) is 12.1 Å². The van der Waals surface area contributed by atoms with Crippen molar-refractivity contribution in [3.8, 4) is 16.9 Å². The molecule has 9 heteroatoms. The van der Waals surface area contributed by atoms with Crippen molar-refractivity contribution in [2.75, 3.05) is 38.8 Å². The SMILES string of the molecule is COc1ccc2c(c1)C[C@H](C(=O)Nc1ccc(-c3cn[nH]c3C)cc1S(=O)CCN(C)C)NC2. The Bertz CT molecular complexity index is 1210. The number of aromatic amines is 1. The topological polar surface area (TPSA) is 99.3 Å². The summed E-state index contributed by atoms with van der Waals surface area (Å²) in [6.45, 7) is 3.23. The van der Waals surface area contributed by atoms with E-state index in [0.717, 1.165) is 33.7 Å². The molecule has 1 aromatic heterocycles. The molecule has 0 spiro atoms. The van der Waals surface area contributed by atoms with Gasteiger partial charge in [0.2, 0.25) is 5.91 Å². The van der Waals surface area contributed by atoms with Crippen LogP contribution in [-0.4, -0.2) is 64.8 Å². The fourth-order valence-corrected chi connectivity index (χ4v) is 5.39. The van der Waals surface area contributed by atoms with Crippen molar-refractivity contribution < 1.29 is 13.7 Å².